The summed E-state index contributed by atoms with van der Waals surface area (Å²) in [6, 6.07) is 9.61. The van der Waals surface area contributed by atoms with Crippen LogP contribution in [-0.4, -0.2) is 30.2 Å². The smallest absolute Gasteiger partial charge is 0.257 e. The average molecular weight is 422 g/mol. The lowest BCUT2D eigenvalue weighted by Crippen LogP contribution is -2.14. The van der Waals surface area contributed by atoms with E-state index in [0.717, 1.165) is 16.5 Å². The third kappa shape index (κ3) is 4.11. The van der Waals surface area contributed by atoms with Gasteiger partial charge in [0.05, 0.1) is 16.9 Å². The number of aryl methyl sites for hydroxylation is 3. The van der Waals surface area contributed by atoms with Crippen molar-refractivity contribution in [2.75, 3.05) is 5.32 Å². The van der Waals surface area contributed by atoms with Gasteiger partial charge in [-0.25, -0.2) is 19.0 Å². The SMILES string of the molecule is Cc1cc(C)n(-c2ccc(C(=O)Nc3cc(F)ccc3Sc3nccn3C)cn2)n1. The molecule has 0 spiro atoms. The molecule has 3 heterocycles. The molecule has 152 valence electrons. The van der Waals surface area contributed by atoms with Crippen molar-refractivity contribution in [1.29, 1.82) is 0 Å². The van der Waals surface area contributed by atoms with Crippen LogP contribution in [0.15, 0.2) is 65.0 Å². The molecule has 0 fully saturated rings. The fraction of sp³-hybridized carbons (Fsp3) is 0.143. The number of pyridine rings is 1. The molecule has 1 N–H and O–H groups in total. The Balaban J connectivity index is 1.56. The van der Waals surface area contributed by atoms with Gasteiger partial charge in [0.2, 0.25) is 0 Å². The van der Waals surface area contributed by atoms with Gasteiger partial charge in [-0.1, -0.05) is 0 Å². The maximum Gasteiger partial charge on any atom is 0.257 e. The van der Waals surface area contributed by atoms with Crippen LogP contribution in [0.5, 0.6) is 0 Å². The van der Waals surface area contributed by atoms with Crippen molar-refractivity contribution in [2.45, 2.75) is 23.9 Å². The van der Waals surface area contributed by atoms with Crippen LogP contribution in [-0.2, 0) is 7.05 Å². The zero-order valence-corrected chi connectivity index (χ0v) is 17.4. The summed E-state index contributed by atoms with van der Waals surface area (Å²) in [6.07, 6.45) is 4.98. The Kier molecular flexibility index (Phi) is 5.37. The van der Waals surface area contributed by atoms with Gasteiger partial charge in [-0.2, -0.15) is 5.10 Å². The number of carbonyl (C=O) groups is 1. The summed E-state index contributed by atoms with van der Waals surface area (Å²) in [6.45, 7) is 3.85. The van der Waals surface area contributed by atoms with Gasteiger partial charge in [0, 0.05) is 36.2 Å². The molecule has 3 aromatic heterocycles. The molecule has 0 bridgehead atoms. The number of hydrogen-bond acceptors (Lipinski definition) is 5. The first-order valence-electron chi connectivity index (χ1n) is 9.16. The second kappa shape index (κ2) is 8.11. The van der Waals surface area contributed by atoms with Crippen LogP contribution in [0.3, 0.4) is 0 Å². The number of benzene rings is 1. The van der Waals surface area contributed by atoms with Crippen LogP contribution in [0, 0.1) is 19.7 Å². The molecule has 9 heteroatoms. The van der Waals surface area contributed by atoms with Crippen LogP contribution in [0.2, 0.25) is 0 Å². The van der Waals surface area contributed by atoms with Gasteiger partial charge in [-0.15, -0.1) is 0 Å². The number of imidazole rings is 1. The minimum atomic E-state index is -0.438. The van der Waals surface area contributed by atoms with E-state index in [1.165, 1.54) is 30.1 Å². The molecule has 0 atom stereocenters. The summed E-state index contributed by atoms with van der Waals surface area (Å²) in [5.74, 6) is -0.198. The Bertz CT molecular complexity index is 1210. The summed E-state index contributed by atoms with van der Waals surface area (Å²) in [5.41, 5.74) is 2.57. The van der Waals surface area contributed by atoms with E-state index in [9.17, 15) is 9.18 Å². The molecule has 4 aromatic rings. The van der Waals surface area contributed by atoms with Crippen molar-refractivity contribution in [1.82, 2.24) is 24.3 Å². The van der Waals surface area contributed by atoms with Gasteiger partial charge < -0.3 is 9.88 Å². The monoisotopic (exact) mass is 422 g/mol. The maximum atomic E-state index is 13.8. The molecular formula is C21H19FN6OS. The maximum absolute atomic E-state index is 13.8. The highest BCUT2D eigenvalue weighted by Crippen LogP contribution is 2.33. The number of anilines is 1. The number of hydrogen-bond donors (Lipinski definition) is 1. The first-order chi connectivity index (χ1) is 14.4. The van der Waals surface area contributed by atoms with E-state index in [0.29, 0.717) is 22.0 Å². The lowest BCUT2D eigenvalue weighted by atomic mass is 10.2. The zero-order valence-electron chi connectivity index (χ0n) is 16.6. The molecule has 0 saturated carbocycles. The molecule has 0 aliphatic heterocycles. The standard InChI is InChI=1S/C21H19FN6OS/c1-13-10-14(2)28(26-13)19-7-4-15(12-24-19)20(29)25-17-11-16(22)5-6-18(17)30-21-23-8-9-27(21)3/h4-12H,1-3H3,(H,25,29). The largest absolute Gasteiger partial charge is 0.329 e. The molecule has 0 aliphatic carbocycles. The number of nitrogens with zero attached hydrogens (tertiary/aromatic N) is 5. The van der Waals surface area contributed by atoms with Crippen molar-refractivity contribution in [2.24, 2.45) is 7.05 Å². The zero-order chi connectivity index (χ0) is 21.3. The minimum absolute atomic E-state index is 0.359. The molecular weight excluding hydrogens is 403 g/mol. The van der Waals surface area contributed by atoms with Crippen molar-refractivity contribution >= 4 is 23.4 Å². The van der Waals surface area contributed by atoms with Crippen LogP contribution in [0.4, 0.5) is 10.1 Å². The number of halogens is 1. The highest BCUT2D eigenvalue weighted by molar-refractivity contribution is 7.99. The first kappa shape index (κ1) is 19.8. The molecule has 0 unspecified atom stereocenters. The molecule has 4 rings (SSSR count). The predicted molar refractivity (Wildman–Crippen MR) is 113 cm³/mol. The van der Waals surface area contributed by atoms with Gasteiger partial charge >= 0.3 is 0 Å². The van der Waals surface area contributed by atoms with Gasteiger partial charge in [0.1, 0.15) is 5.82 Å². The lowest BCUT2D eigenvalue weighted by Gasteiger charge is -2.11. The van der Waals surface area contributed by atoms with Crippen molar-refractivity contribution in [3.63, 3.8) is 0 Å². The first-order valence-corrected chi connectivity index (χ1v) is 9.98. The summed E-state index contributed by atoms with van der Waals surface area (Å²) in [5, 5.41) is 7.89. The lowest BCUT2D eigenvalue weighted by molar-refractivity contribution is 0.102. The Labute approximate surface area is 177 Å². The third-order valence-electron chi connectivity index (χ3n) is 4.40. The summed E-state index contributed by atoms with van der Waals surface area (Å²) in [4.78, 5) is 22.0. The van der Waals surface area contributed by atoms with E-state index in [2.05, 4.69) is 20.4 Å². The molecule has 1 amide bonds. The van der Waals surface area contributed by atoms with E-state index < -0.39 is 5.82 Å². The molecule has 0 saturated heterocycles. The van der Waals surface area contributed by atoms with E-state index in [4.69, 9.17) is 0 Å². The number of amides is 1. The van der Waals surface area contributed by atoms with Gasteiger partial charge in [-0.3, -0.25) is 4.79 Å². The fourth-order valence-electron chi connectivity index (χ4n) is 2.94. The average Bonchev–Trinajstić information content (AvgIpc) is 3.28. The number of nitrogens with one attached hydrogen (secondary N) is 1. The topological polar surface area (TPSA) is 77.6 Å². The third-order valence-corrected chi connectivity index (χ3v) is 5.56. The van der Waals surface area contributed by atoms with E-state index in [1.807, 2.05) is 37.7 Å². The Morgan fingerprint density at radius 1 is 1.13 bits per heavy atom. The number of carbonyl (C=O) groups excluding carboxylic acids is 1. The van der Waals surface area contributed by atoms with Crippen molar-refractivity contribution in [3.05, 3.63) is 77.8 Å². The Morgan fingerprint density at radius 3 is 2.60 bits per heavy atom. The van der Waals surface area contributed by atoms with E-state index in [1.54, 1.807) is 29.1 Å². The van der Waals surface area contributed by atoms with Gasteiger partial charge in [-0.05, 0) is 62.0 Å². The van der Waals surface area contributed by atoms with Crippen LogP contribution in [0.1, 0.15) is 21.7 Å². The molecule has 0 radical (unpaired) electrons. The molecule has 30 heavy (non-hydrogen) atoms. The Hall–Kier alpha value is -3.46. The van der Waals surface area contributed by atoms with Crippen molar-refractivity contribution < 1.29 is 9.18 Å². The Morgan fingerprint density at radius 2 is 1.97 bits per heavy atom. The van der Waals surface area contributed by atoms with E-state index >= 15 is 0 Å². The quantitative estimate of drug-likeness (QED) is 0.523. The highest BCUT2D eigenvalue weighted by Gasteiger charge is 2.14. The fourth-order valence-corrected chi connectivity index (χ4v) is 3.81. The second-order valence-electron chi connectivity index (χ2n) is 6.76. The molecule has 0 aliphatic rings. The molecule has 7 nitrogen and oxygen atoms in total. The van der Waals surface area contributed by atoms with Crippen molar-refractivity contribution in [3.8, 4) is 5.82 Å². The summed E-state index contributed by atoms with van der Waals surface area (Å²) in [7, 11) is 1.87. The van der Waals surface area contributed by atoms with Gasteiger partial charge in [0.25, 0.3) is 5.91 Å². The normalized spacial score (nSPS) is 10.9. The number of aromatic nitrogens is 5. The minimum Gasteiger partial charge on any atom is -0.329 e. The summed E-state index contributed by atoms with van der Waals surface area (Å²) >= 11 is 1.34. The second-order valence-corrected chi connectivity index (χ2v) is 7.77. The summed E-state index contributed by atoms with van der Waals surface area (Å²) < 4.78 is 17.4. The van der Waals surface area contributed by atoms with Crippen LogP contribution < -0.4 is 5.32 Å². The van der Waals surface area contributed by atoms with Crippen LogP contribution in [0.25, 0.3) is 5.82 Å². The molecule has 1 aromatic carbocycles. The highest BCUT2D eigenvalue weighted by atomic mass is 32.2. The van der Waals surface area contributed by atoms with Gasteiger partial charge in [0.15, 0.2) is 11.0 Å². The predicted octanol–water partition coefficient (Wildman–Crippen LogP) is 4.16. The van der Waals surface area contributed by atoms with E-state index in [-0.39, 0.29) is 5.91 Å². The van der Waals surface area contributed by atoms with Crippen LogP contribution >= 0.6 is 11.8 Å². The number of rotatable bonds is 5.